The van der Waals surface area contributed by atoms with Crippen LogP contribution < -0.4 is 5.73 Å². The fourth-order valence-corrected chi connectivity index (χ4v) is 2.01. The molecule has 3 nitrogen and oxygen atoms in total. The van der Waals surface area contributed by atoms with Gasteiger partial charge < -0.3 is 5.73 Å². The van der Waals surface area contributed by atoms with Gasteiger partial charge >= 0.3 is 0 Å². The van der Waals surface area contributed by atoms with Gasteiger partial charge in [0.2, 0.25) is 0 Å². The maximum Gasteiger partial charge on any atom is 0.0640 e. The summed E-state index contributed by atoms with van der Waals surface area (Å²) in [5.41, 5.74) is 7.07. The van der Waals surface area contributed by atoms with Gasteiger partial charge in [-0.05, 0) is 25.7 Å². The standard InChI is InChI=1S/C11H21N3S/c1-4-9(2)14-6-5-11(13-14)7-10(12)8-15-3/h5-6,9-10H,4,7-8,12H2,1-3H3. The van der Waals surface area contributed by atoms with Crippen LogP contribution in [-0.4, -0.2) is 27.8 Å². The predicted molar refractivity (Wildman–Crippen MR) is 67.3 cm³/mol. The van der Waals surface area contributed by atoms with E-state index >= 15 is 0 Å². The Morgan fingerprint density at radius 1 is 1.60 bits per heavy atom. The summed E-state index contributed by atoms with van der Waals surface area (Å²) >= 11 is 1.79. The number of nitrogens with two attached hydrogens (primary N) is 1. The van der Waals surface area contributed by atoms with E-state index in [0.29, 0.717) is 6.04 Å². The molecule has 86 valence electrons. The fourth-order valence-electron chi connectivity index (χ4n) is 1.46. The topological polar surface area (TPSA) is 43.8 Å². The van der Waals surface area contributed by atoms with Gasteiger partial charge in [0.25, 0.3) is 0 Å². The lowest BCUT2D eigenvalue weighted by atomic mass is 10.2. The second-order valence-electron chi connectivity index (χ2n) is 3.96. The van der Waals surface area contributed by atoms with Crippen molar-refractivity contribution in [2.45, 2.75) is 38.8 Å². The van der Waals surface area contributed by atoms with Crippen molar-refractivity contribution in [1.82, 2.24) is 9.78 Å². The average molecular weight is 227 g/mol. The molecular weight excluding hydrogens is 206 g/mol. The molecule has 1 aromatic rings. The first-order chi connectivity index (χ1) is 7.17. The molecule has 0 spiro atoms. The molecule has 15 heavy (non-hydrogen) atoms. The van der Waals surface area contributed by atoms with Crippen LogP contribution >= 0.6 is 11.8 Å². The van der Waals surface area contributed by atoms with Gasteiger partial charge in [0.1, 0.15) is 0 Å². The van der Waals surface area contributed by atoms with E-state index in [4.69, 9.17) is 5.73 Å². The molecule has 4 heteroatoms. The Kier molecular flexibility index (Phi) is 5.19. The first-order valence-electron chi connectivity index (χ1n) is 5.46. The molecular formula is C11H21N3S. The Morgan fingerprint density at radius 3 is 2.93 bits per heavy atom. The average Bonchev–Trinajstić information content (AvgIpc) is 2.65. The minimum Gasteiger partial charge on any atom is -0.327 e. The van der Waals surface area contributed by atoms with Crippen molar-refractivity contribution >= 4 is 11.8 Å². The number of nitrogens with zero attached hydrogens (tertiary/aromatic N) is 2. The first-order valence-corrected chi connectivity index (χ1v) is 6.85. The van der Waals surface area contributed by atoms with Crippen molar-refractivity contribution in [3.63, 3.8) is 0 Å². The maximum atomic E-state index is 5.96. The van der Waals surface area contributed by atoms with Crippen molar-refractivity contribution in [2.75, 3.05) is 12.0 Å². The predicted octanol–water partition coefficient (Wildman–Crippen LogP) is 2.09. The van der Waals surface area contributed by atoms with Crippen LogP contribution in [0, 0.1) is 0 Å². The molecule has 2 atom stereocenters. The molecule has 1 heterocycles. The number of hydrogen-bond acceptors (Lipinski definition) is 3. The van der Waals surface area contributed by atoms with Crippen LogP contribution in [0.3, 0.4) is 0 Å². The quantitative estimate of drug-likeness (QED) is 0.809. The Balaban J connectivity index is 2.52. The Hall–Kier alpha value is -0.480. The monoisotopic (exact) mass is 227 g/mol. The molecule has 0 amide bonds. The van der Waals surface area contributed by atoms with E-state index in [0.717, 1.165) is 24.3 Å². The normalized spacial score (nSPS) is 15.2. The molecule has 0 aliphatic heterocycles. The lowest BCUT2D eigenvalue weighted by Crippen LogP contribution is -2.25. The van der Waals surface area contributed by atoms with Crippen LogP contribution in [0.15, 0.2) is 12.3 Å². The summed E-state index contributed by atoms with van der Waals surface area (Å²) in [7, 11) is 0. The lowest BCUT2D eigenvalue weighted by Gasteiger charge is -2.09. The Labute approximate surface area is 96.4 Å². The Bertz CT molecular complexity index is 285. The van der Waals surface area contributed by atoms with E-state index in [1.165, 1.54) is 0 Å². The highest BCUT2D eigenvalue weighted by molar-refractivity contribution is 7.98. The van der Waals surface area contributed by atoms with E-state index in [1.807, 2.05) is 4.68 Å². The highest BCUT2D eigenvalue weighted by atomic mass is 32.2. The zero-order valence-electron chi connectivity index (χ0n) is 9.81. The summed E-state index contributed by atoms with van der Waals surface area (Å²) in [5, 5.41) is 4.53. The largest absolute Gasteiger partial charge is 0.327 e. The second kappa shape index (κ2) is 6.18. The van der Waals surface area contributed by atoms with Crippen molar-refractivity contribution in [2.24, 2.45) is 5.73 Å². The third-order valence-corrected chi connectivity index (χ3v) is 3.32. The van der Waals surface area contributed by atoms with Crippen molar-refractivity contribution < 1.29 is 0 Å². The van der Waals surface area contributed by atoms with Gasteiger partial charge in [0, 0.05) is 30.5 Å². The summed E-state index contributed by atoms with van der Waals surface area (Å²) in [4.78, 5) is 0. The van der Waals surface area contributed by atoms with Crippen LogP contribution in [0.1, 0.15) is 32.0 Å². The minimum absolute atomic E-state index is 0.222. The molecule has 0 saturated heterocycles. The molecule has 2 N–H and O–H groups in total. The van der Waals surface area contributed by atoms with Crippen LogP contribution in [-0.2, 0) is 6.42 Å². The summed E-state index contributed by atoms with van der Waals surface area (Å²) in [6, 6.07) is 2.78. The van der Waals surface area contributed by atoms with Crippen molar-refractivity contribution in [3.05, 3.63) is 18.0 Å². The van der Waals surface area contributed by atoms with E-state index in [1.54, 1.807) is 11.8 Å². The number of hydrogen-bond donors (Lipinski definition) is 1. The summed E-state index contributed by atoms with van der Waals surface area (Å²) in [6.07, 6.45) is 6.12. The molecule has 0 radical (unpaired) electrons. The van der Waals surface area contributed by atoms with Gasteiger partial charge in [-0.3, -0.25) is 4.68 Å². The number of thioether (sulfide) groups is 1. The second-order valence-corrected chi connectivity index (χ2v) is 4.87. The molecule has 1 aromatic heterocycles. The smallest absolute Gasteiger partial charge is 0.0640 e. The highest BCUT2D eigenvalue weighted by Gasteiger charge is 2.08. The molecule has 0 bridgehead atoms. The Morgan fingerprint density at radius 2 is 2.33 bits per heavy atom. The molecule has 0 saturated carbocycles. The van der Waals surface area contributed by atoms with Gasteiger partial charge in [-0.1, -0.05) is 6.92 Å². The van der Waals surface area contributed by atoms with Gasteiger partial charge in [0.15, 0.2) is 0 Å². The molecule has 2 unspecified atom stereocenters. The maximum absolute atomic E-state index is 5.96. The molecule has 1 rings (SSSR count). The van der Waals surface area contributed by atoms with E-state index in [-0.39, 0.29) is 6.04 Å². The van der Waals surface area contributed by atoms with E-state index < -0.39 is 0 Å². The summed E-state index contributed by atoms with van der Waals surface area (Å²) in [6.45, 7) is 4.35. The van der Waals surface area contributed by atoms with Gasteiger partial charge in [-0.15, -0.1) is 0 Å². The van der Waals surface area contributed by atoms with E-state index in [2.05, 4.69) is 37.5 Å². The third kappa shape index (κ3) is 3.87. The van der Waals surface area contributed by atoms with Crippen LogP contribution in [0.25, 0.3) is 0 Å². The third-order valence-electron chi connectivity index (χ3n) is 2.56. The number of aromatic nitrogens is 2. The lowest BCUT2D eigenvalue weighted by molar-refractivity contribution is 0.472. The summed E-state index contributed by atoms with van der Waals surface area (Å²) < 4.78 is 2.03. The minimum atomic E-state index is 0.222. The molecule has 0 aliphatic carbocycles. The molecule has 0 aliphatic rings. The first kappa shape index (κ1) is 12.6. The fraction of sp³-hybridized carbons (Fsp3) is 0.727. The highest BCUT2D eigenvalue weighted by Crippen LogP contribution is 2.10. The summed E-state index contributed by atoms with van der Waals surface area (Å²) in [5.74, 6) is 0.996. The van der Waals surface area contributed by atoms with Gasteiger partial charge in [-0.2, -0.15) is 16.9 Å². The van der Waals surface area contributed by atoms with Crippen molar-refractivity contribution in [1.29, 1.82) is 0 Å². The zero-order chi connectivity index (χ0) is 11.3. The van der Waals surface area contributed by atoms with Gasteiger partial charge in [0.05, 0.1) is 5.69 Å². The van der Waals surface area contributed by atoms with Crippen molar-refractivity contribution in [3.8, 4) is 0 Å². The molecule has 0 aromatic carbocycles. The molecule has 0 fully saturated rings. The van der Waals surface area contributed by atoms with Crippen LogP contribution in [0.5, 0.6) is 0 Å². The van der Waals surface area contributed by atoms with Crippen LogP contribution in [0.2, 0.25) is 0 Å². The number of rotatable bonds is 6. The van der Waals surface area contributed by atoms with Crippen LogP contribution in [0.4, 0.5) is 0 Å². The zero-order valence-corrected chi connectivity index (χ0v) is 10.6. The SMILES string of the molecule is CCC(C)n1ccc(CC(N)CSC)n1. The van der Waals surface area contributed by atoms with E-state index in [9.17, 15) is 0 Å². The van der Waals surface area contributed by atoms with Gasteiger partial charge in [-0.25, -0.2) is 0 Å².